The summed E-state index contributed by atoms with van der Waals surface area (Å²) in [5.74, 6) is -0.906. The summed E-state index contributed by atoms with van der Waals surface area (Å²) >= 11 is 5.06. The van der Waals surface area contributed by atoms with E-state index in [1.54, 1.807) is 12.1 Å². The average Bonchev–Trinajstić information content (AvgIpc) is 2.77. The van der Waals surface area contributed by atoms with Crippen molar-refractivity contribution in [3.05, 3.63) is 97.6 Å². The highest BCUT2D eigenvalue weighted by atomic mass is 32.2. The minimum absolute atomic E-state index is 0.00827. The van der Waals surface area contributed by atoms with E-state index in [4.69, 9.17) is 12.2 Å². The maximum Gasteiger partial charge on any atom is 0.277 e. The van der Waals surface area contributed by atoms with Crippen LogP contribution in [0, 0.1) is 34.1 Å². The summed E-state index contributed by atoms with van der Waals surface area (Å²) in [7, 11) is -3.86. The molecular weight excluding hydrogens is 510 g/mol. The van der Waals surface area contributed by atoms with Crippen LogP contribution in [-0.2, 0) is 10.0 Å². The lowest BCUT2D eigenvalue weighted by Crippen LogP contribution is -2.34. The monoisotopic (exact) mass is 529 g/mol. The lowest BCUT2D eigenvalue weighted by molar-refractivity contribution is -0.394. The van der Waals surface area contributed by atoms with Crippen LogP contribution in [0.5, 0.6) is 0 Å². The van der Waals surface area contributed by atoms with Crippen LogP contribution >= 0.6 is 12.2 Å². The maximum atomic E-state index is 12.7. The number of sulfonamides is 1. The molecule has 14 heteroatoms. The number of hydrogen-bond donors (Lipinski definition) is 3. The predicted molar refractivity (Wildman–Crippen MR) is 137 cm³/mol. The van der Waals surface area contributed by atoms with E-state index >= 15 is 0 Å². The Labute approximate surface area is 210 Å². The summed E-state index contributed by atoms with van der Waals surface area (Å²) in [5, 5.41) is 26.8. The first-order chi connectivity index (χ1) is 16.8. The molecule has 0 aliphatic heterocycles. The average molecular weight is 530 g/mol. The van der Waals surface area contributed by atoms with Crippen LogP contribution in [0.3, 0.4) is 0 Å². The Kier molecular flexibility index (Phi) is 7.60. The molecule has 0 heterocycles. The second-order valence-corrected chi connectivity index (χ2v) is 9.76. The third kappa shape index (κ3) is 6.58. The standard InChI is InChI=1S/C22H19N5O7S2/c1-13-7-14(2)9-17(8-13)25-36(33,34)20-5-3-16(4-6-20)23-22(35)24-21(28)15-10-18(26(29)30)12-19(11-15)27(31)32/h3-12,25H,1-2H3,(H2,23,24,28,35). The van der Waals surface area contributed by atoms with Gasteiger partial charge in [-0.25, -0.2) is 8.42 Å². The zero-order valence-electron chi connectivity index (χ0n) is 18.8. The van der Waals surface area contributed by atoms with E-state index in [0.717, 1.165) is 29.3 Å². The van der Waals surface area contributed by atoms with Crippen molar-refractivity contribution in [1.29, 1.82) is 0 Å². The number of amides is 1. The maximum absolute atomic E-state index is 12.7. The lowest BCUT2D eigenvalue weighted by atomic mass is 10.1. The largest absolute Gasteiger partial charge is 0.332 e. The summed E-state index contributed by atoms with van der Waals surface area (Å²) in [6.45, 7) is 3.71. The van der Waals surface area contributed by atoms with Gasteiger partial charge < -0.3 is 5.32 Å². The molecule has 0 fully saturated rings. The van der Waals surface area contributed by atoms with Crippen LogP contribution in [0.2, 0.25) is 0 Å². The third-order valence-electron chi connectivity index (χ3n) is 4.71. The Bertz CT molecular complexity index is 1440. The molecule has 1 amide bonds. The topological polar surface area (TPSA) is 174 Å². The van der Waals surface area contributed by atoms with Crippen molar-refractivity contribution in [2.24, 2.45) is 0 Å². The molecular formula is C22H19N5O7S2. The zero-order valence-corrected chi connectivity index (χ0v) is 20.5. The number of carbonyl (C=O) groups is 1. The number of hydrogen-bond acceptors (Lipinski definition) is 8. The molecule has 0 aliphatic rings. The molecule has 3 aromatic rings. The van der Waals surface area contributed by atoms with Gasteiger partial charge in [-0.05, 0) is 73.6 Å². The van der Waals surface area contributed by atoms with Crippen molar-refractivity contribution < 1.29 is 23.1 Å². The Balaban J connectivity index is 1.69. The fraction of sp³-hybridized carbons (Fsp3) is 0.0909. The molecule has 0 saturated carbocycles. The molecule has 0 unspecified atom stereocenters. The molecule has 36 heavy (non-hydrogen) atoms. The van der Waals surface area contributed by atoms with E-state index in [9.17, 15) is 33.4 Å². The van der Waals surface area contributed by atoms with Crippen molar-refractivity contribution >= 4 is 56.0 Å². The van der Waals surface area contributed by atoms with Gasteiger partial charge in [-0.3, -0.25) is 35.1 Å². The second-order valence-electron chi connectivity index (χ2n) is 7.67. The number of non-ortho nitro benzene ring substituents is 2. The zero-order chi connectivity index (χ0) is 26.6. The number of nitrogens with one attached hydrogen (secondary N) is 3. The van der Waals surface area contributed by atoms with Gasteiger partial charge in [0.1, 0.15) is 0 Å². The molecule has 0 aromatic heterocycles. The Hall–Kier alpha value is -4.43. The molecule has 3 rings (SSSR count). The molecule has 12 nitrogen and oxygen atoms in total. The van der Waals surface area contributed by atoms with Gasteiger partial charge in [0.05, 0.1) is 26.4 Å². The van der Waals surface area contributed by atoms with Crippen molar-refractivity contribution in [2.75, 3.05) is 10.0 Å². The number of carbonyl (C=O) groups excluding carboxylic acids is 1. The first-order valence-electron chi connectivity index (χ1n) is 10.1. The first kappa shape index (κ1) is 26.2. The highest BCUT2D eigenvalue weighted by molar-refractivity contribution is 7.92. The van der Waals surface area contributed by atoms with Gasteiger partial charge in [-0.15, -0.1) is 0 Å². The number of nitro benzene ring substituents is 2. The summed E-state index contributed by atoms with van der Waals surface area (Å²) in [5.41, 5.74) is 0.999. The number of rotatable bonds is 7. The van der Waals surface area contributed by atoms with Gasteiger partial charge in [-0.1, -0.05) is 6.07 Å². The molecule has 186 valence electrons. The van der Waals surface area contributed by atoms with Crippen molar-refractivity contribution in [1.82, 2.24) is 5.32 Å². The highest BCUT2D eigenvalue weighted by Crippen LogP contribution is 2.23. The minimum Gasteiger partial charge on any atom is -0.332 e. The summed E-state index contributed by atoms with van der Waals surface area (Å²) in [6, 6.07) is 13.3. The quantitative estimate of drug-likeness (QED) is 0.232. The third-order valence-corrected chi connectivity index (χ3v) is 6.31. The Morgan fingerprint density at radius 1 is 0.833 bits per heavy atom. The van der Waals surface area contributed by atoms with Gasteiger partial charge in [-0.2, -0.15) is 0 Å². The summed E-state index contributed by atoms with van der Waals surface area (Å²) < 4.78 is 27.9. The number of aryl methyl sites for hydroxylation is 2. The molecule has 0 bridgehead atoms. The van der Waals surface area contributed by atoms with Crippen LogP contribution in [0.4, 0.5) is 22.7 Å². The molecule has 3 N–H and O–H groups in total. The van der Waals surface area contributed by atoms with Crippen molar-refractivity contribution in [3.8, 4) is 0 Å². The number of anilines is 2. The first-order valence-corrected chi connectivity index (χ1v) is 12.0. The van der Waals surface area contributed by atoms with Crippen LogP contribution < -0.4 is 15.4 Å². The van der Waals surface area contributed by atoms with E-state index in [1.807, 2.05) is 19.9 Å². The number of benzene rings is 3. The number of thiocarbonyl (C=S) groups is 1. The van der Waals surface area contributed by atoms with E-state index < -0.39 is 37.2 Å². The molecule has 0 atom stereocenters. The van der Waals surface area contributed by atoms with Gasteiger partial charge in [0.25, 0.3) is 27.3 Å². The van der Waals surface area contributed by atoms with Gasteiger partial charge >= 0.3 is 0 Å². The van der Waals surface area contributed by atoms with Crippen LogP contribution in [0.1, 0.15) is 21.5 Å². The SMILES string of the molecule is Cc1cc(C)cc(NS(=O)(=O)c2ccc(NC(=S)NC(=O)c3cc([N+](=O)[O-])cc([N+](=O)[O-])c3)cc2)c1. The summed E-state index contributed by atoms with van der Waals surface area (Å²) in [6.07, 6.45) is 0. The normalized spacial score (nSPS) is 10.8. The minimum atomic E-state index is -3.86. The number of nitro groups is 2. The van der Waals surface area contributed by atoms with E-state index in [0.29, 0.717) is 11.4 Å². The van der Waals surface area contributed by atoms with Crippen LogP contribution in [0.25, 0.3) is 0 Å². The van der Waals surface area contributed by atoms with Gasteiger partial charge in [0.15, 0.2) is 5.11 Å². The number of nitrogens with zero attached hydrogens (tertiary/aromatic N) is 2. The highest BCUT2D eigenvalue weighted by Gasteiger charge is 2.20. The molecule has 0 saturated heterocycles. The fourth-order valence-corrected chi connectivity index (χ4v) is 4.49. The second kappa shape index (κ2) is 10.5. The van der Waals surface area contributed by atoms with E-state index in [-0.39, 0.29) is 15.6 Å². The van der Waals surface area contributed by atoms with E-state index in [1.165, 1.54) is 24.3 Å². The van der Waals surface area contributed by atoms with E-state index in [2.05, 4.69) is 15.4 Å². The Morgan fingerprint density at radius 2 is 1.36 bits per heavy atom. The lowest BCUT2D eigenvalue weighted by Gasteiger charge is -2.12. The van der Waals surface area contributed by atoms with Crippen LogP contribution in [-0.4, -0.2) is 29.3 Å². The summed E-state index contributed by atoms with van der Waals surface area (Å²) in [4.78, 5) is 32.7. The van der Waals surface area contributed by atoms with Gasteiger partial charge in [0, 0.05) is 23.5 Å². The van der Waals surface area contributed by atoms with Crippen LogP contribution in [0.15, 0.2) is 65.6 Å². The smallest absolute Gasteiger partial charge is 0.277 e. The molecule has 0 spiro atoms. The molecule has 0 radical (unpaired) electrons. The fourth-order valence-electron chi connectivity index (χ4n) is 3.24. The molecule has 0 aliphatic carbocycles. The van der Waals surface area contributed by atoms with Crippen molar-refractivity contribution in [3.63, 3.8) is 0 Å². The molecule has 3 aromatic carbocycles. The Morgan fingerprint density at radius 3 is 1.86 bits per heavy atom. The van der Waals surface area contributed by atoms with Crippen molar-refractivity contribution in [2.45, 2.75) is 18.7 Å². The van der Waals surface area contributed by atoms with Gasteiger partial charge in [0.2, 0.25) is 0 Å². The predicted octanol–water partition coefficient (Wildman–Crippen LogP) is 4.05.